The molecule has 2 aromatic rings. The molecule has 158 valence electrons. The molecule has 1 fully saturated rings. The molecule has 0 spiro atoms. The van der Waals surface area contributed by atoms with Gasteiger partial charge in [0.15, 0.2) is 10.9 Å². The van der Waals surface area contributed by atoms with E-state index in [2.05, 4.69) is 15.4 Å². The fourth-order valence-corrected chi connectivity index (χ4v) is 3.59. The molecule has 0 radical (unpaired) electrons. The van der Waals surface area contributed by atoms with E-state index in [1.165, 1.54) is 16.9 Å². The predicted molar refractivity (Wildman–Crippen MR) is 104 cm³/mol. The SMILES string of the molecule is CCCn1nnc(CN2C(=S)N(c3ccc(C#N)c(C(F)(F)F)c3)C(=O)C2(C)C)n1. The average Bonchev–Trinajstić information content (AvgIpc) is 3.18. The number of amides is 1. The minimum absolute atomic E-state index is 0.0228. The van der Waals surface area contributed by atoms with Crippen molar-refractivity contribution in [3.05, 3.63) is 35.2 Å². The van der Waals surface area contributed by atoms with Crippen LogP contribution in [0.5, 0.6) is 0 Å². The number of aryl methyl sites for hydroxylation is 1. The van der Waals surface area contributed by atoms with Crippen LogP contribution in [-0.4, -0.2) is 41.7 Å². The molecule has 1 aromatic carbocycles. The number of alkyl halides is 3. The zero-order valence-electron chi connectivity index (χ0n) is 16.4. The van der Waals surface area contributed by atoms with Crippen molar-refractivity contribution in [1.29, 1.82) is 5.26 Å². The second kappa shape index (κ2) is 7.64. The number of thiocarbonyl (C=S) groups is 1. The van der Waals surface area contributed by atoms with Crippen LogP contribution in [0.15, 0.2) is 18.2 Å². The first-order valence-electron chi connectivity index (χ1n) is 9.05. The molecule has 1 saturated heterocycles. The van der Waals surface area contributed by atoms with E-state index in [4.69, 9.17) is 17.5 Å². The number of carbonyl (C=O) groups is 1. The van der Waals surface area contributed by atoms with Crippen LogP contribution in [0.3, 0.4) is 0 Å². The lowest BCUT2D eigenvalue weighted by molar-refractivity contribution is -0.137. The second-order valence-electron chi connectivity index (χ2n) is 7.21. The van der Waals surface area contributed by atoms with Crippen LogP contribution in [0.1, 0.15) is 44.1 Å². The van der Waals surface area contributed by atoms with Crippen molar-refractivity contribution < 1.29 is 18.0 Å². The van der Waals surface area contributed by atoms with Gasteiger partial charge < -0.3 is 4.90 Å². The fraction of sp³-hybridized carbons (Fsp3) is 0.444. The summed E-state index contributed by atoms with van der Waals surface area (Å²) < 4.78 is 40.1. The summed E-state index contributed by atoms with van der Waals surface area (Å²) in [5.74, 6) is -0.157. The molecule has 0 N–H and O–H groups in total. The monoisotopic (exact) mass is 437 g/mol. The number of anilines is 1. The summed E-state index contributed by atoms with van der Waals surface area (Å²) in [5.41, 5.74) is -2.86. The summed E-state index contributed by atoms with van der Waals surface area (Å²) in [5, 5.41) is 21.1. The van der Waals surface area contributed by atoms with Gasteiger partial charge in [0.2, 0.25) is 0 Å². The second-order valence-corrected chi connectivity index (χ2v) is 7.57. The standard InChI is InChI=1S/C18H18F3N7OS/c1-4-7-27-24-14(23-25-27)10-26-16(30)28(15(29)17(26,2)3)12-6-5-11(9-22)13(8-12)18(19,20)21/h5-6,8H,4,7,10H2,1-3H3. The van der Waals surface area contributed by atoms with E-state index in [-0.39, 0.29) is 17.3 Å². The molecule has 1 amide bonds. The number of tetrazole rings is 1. The third-order valence-corrected chi connectivity index (χ3v) is 5.13. The van der Waals surface area contributed by atoms with Crippen LogP contribution < -0.4 is 4.90 Å². The zero-order valence-corrected chi connectivity index (χ0v) is 17.3. The topological polar surface area (TPSA) is 90.9 Å². The van der Waals surface area contributed by atoms with E-state index in [9.17, 15) is 18.0 Å². The van der Waals surface area contributed by atoms with Gasteiger partial charge in [-0.05, 0) is 55.9 Å². The van der Waals surface area contributed by atoms with E-state index in [0.717, 1.165) is 23.5 Å². The van der Waals surface area contributed by atoms with E-state index < -0.39 is 28.7 Å². The Morgan fingerprint density at radius 1 is 1.30 bits per heavy atom. The number of benzene rings is 1. The molecule has 0 bridgehead atoms. The van der Waals surface area contributed by atoms with Crippen LogP contribution in [0, 0.1) is 11.3 Å². The molecule has 1 aliphatic heterocycles. The summed E-state index contributed by atoms with van der Waals surface area (Å²) in [6.45, 7) is 5.85. The van der Waals surface area contributed by atoms with Gasteiger partial charge in [-0.15, -0.1) is 10.2 Å². The first-order valence-corrected chi connectivity index (χ1v) is 9.45. The summed E-state index contributed by atoms with van der Waals surface area (Å²) >= 11 is 5.43. The fourth-order valence-electron chi connectivity index (χ4n) is 3.11. The Hall–Kier alpha value is -3.07. The number of hydrogen-bond acceptors (Lipinski definition) is 6. The highest BCUT2D eigenvalue weighted by atomic mass is 32.1. The van der Waals surface area contributed by atoms with Crippen molar-refractivity contribution in [3.63, 3.8) is 0 Å². The Kier molecular flexibility index (Phi) is 5.51. The Morgan fingerprint density at radius 3 is 2.60 bits per heavy atom. The highest BCUT2D eigenvalue weighted by molar-refractivity contribution is 7.80. The molecular formula is C18H18F3N7OS. The molecule has 0 saturated carbocycles. The smallest absolute Gasteiger partial charge is 0.327 e. The van der Waals surface area contributed by atoms with Crippen LogP contribution in [0.2, 0.25) is 0 Å². The number of rotatable bonds is 5. The minimum atomic E-state index is -4.75. The summed E-state index contributed by atoms with van der Waals surface area (Å²) in [6.07, 6.45) is -3.93. The van der Waals surface area contributed by atoms with Gasteiger partial charge in [-0.25, -0.2) is 0 Å². The summed E-state index contributed by atoms with van der Waals surface area (Å²) in [6, 6.07) is 4.58. The van der Waals surface area contributed by atoms with Crippen molar-refractivity contribution in [1.82, 2.24) is 25.1 Å². The highest BCUT2D eigenvalue weighted by Crippen LogP contribution is 2.38. The molecule has 0 aliphatic carbocycles. The maximum absolute atomic E-state index is 13.4. The Labute approximate surface area is 175 Å². The number of nitriles is 1. The largest absolute Gasteiger partial charge is 0.417 e. The van der Waals surface area contributed by atoms with Crippen LogP contribution in [0.25, 0.3) is 0 Å². The molecule has 12 heteroatoms. The van der Waals surface area contributed by atoms with Gasteiger partial charge in [-0.2, -0.15) is 23.2 Å². The Morgan fingerprint density at radius 2 is 2.00 bits per heavy atom. The zero-order chi connectivity index (χ0) is 22.3. The number of aromatic nitrogens is 4. The summed E-state index contributed by atoms with van der Waals surface area (Å²) in [4.78, 5) is 17.1. The average molecular weight is 437 g/mol. The van der Waals surface area contributed by atoms with Crippen molar-refractivity contribution >= 4 is 28.9 Å². The quantitative estimate of drug-likeness (QED) is 0.665. The van der Waals surface area contributed by atoms with Gasteiger partial charge >= 0.3 is 6.18 Å². The first kappa shape index (κ1) is 21.6. The number of hydrogen-bond donors (Lipinski definition) is 0. The van der Waals surface area contributed by atoms with Crippen molar-refractivity contribution in [2.24, 2.45) is 0 Å². The molecule has 0 atom stereocenters. The van der Waals surface area contributed by atoms with Crippen molar-refractivity contribution in [2.75, 3.05) is 4.90 Å². The van der Waals surface area contributed by atoms with Crippen LogP contribution >= 0.6 is 12.2 Å². The molecule has 1 aromatic heterocycles. The van der Waals surface area contributed by atoms with E-state index >= 15 is 0 Å². The van der Waals surface area contributed by atoms with E-state index in [0.29, 0.717) is 12.4 Å². The van der Waals surface area contributed by atoms with Gasteiger partial charge in [-0.3, -0.25) is 9.69 Å². The highest BCUT2D eigenvalue weighted by Gasteiger charge is 2.50. The Balaban J connectivity index is 1.96. The lowest BCUT2D eigenvalue weighted by Gasteiger charge is -2.27. The lowest BCUT2D eigenvalue weighted by Crippen LogP contribution is -2.43. The molecule has 30 heavy (non-hydrogen) atoms. The first-order chi connectivity index (χ1) is 14.0. The van der Waals surface area contributed by atoms with Gasteiger partial charge in [0.05, 0.1) is 36.0 Å². The molecule has 3 rings (SSSR count). The van der Waals surface area contributed by atoms with Crippen LogP contribution in [0.4, 0.5) is 18.9 Å². The number of nitrogens with zero attached hydrogens (tertiary/aromatic N) is 7. The maximum Gasteiger partial charge on any atom is 0.417 e. The Bertz CT molecular complexity index is 1040. The molecule has 2 heterocycles. The minimum Gasteiger partial charge on any atom is -0.327 e. The maximum atomic E-state index is 13.4. The van der Waals surface area contributed by atoms with E-state index in [1.807, 2.05) is 6.92 Å². The third kappa shape index (κ3) is 3.72. The van der Waals surface area contributed by atoms with Gasteiger partial charge in [0.1, 0.15) is 5.54 Å². The summed E-state index contributed by atoms with van der Waals surface area (Å²) in [7, 11) is 0. The van der Waals surface area contributed by atoms with Gasteiger partial charge in [0, 0.05) is 0 Å². The third-order valence-electron chi connectivity index (χ3n) is 4.73. The molecule has 0 unspecified atom stereocenters. The molecular weight excluding hydrogens is 419 g/mol. The van der Waals surface area contributed by atoms with Gasteiger partial charge in [0.25, 0.3) is 5.91 Å². The molecule has 8 nitrogen and oxygen atoms in total. The van der Waals surface area contributed by atoms with Gasteiger partial charge in [-0.1, -0.05) is 6.92 Å². The van der Waals surface area contributed by atoms with E-state index in [1.54, 1.807) is 18.7 Å². The van der Waals surface area contributed by atoms with Crippen molar-refractivity contribution in [2.45, 2.75) is 52.0 Å². The lowest BCUT2D eigenvalue weighted by atomic mass is 10.0. The number of halogens is 3. The predicted octanol–water partition coefficient (Wildman–Crippen LogP) is 2.89. The van der Waals surface area contributed by atoms with Crippen molar-refractivity contribution in [3.8, 4) is 6.07 Å². The normalized spacial score (nSPS) is 16.3. The van der Waals surface area contributed by atoms with Crippen LogP contribution in [-0.2, 0) is 24.1 Å². The number of carbonyl (C=O) groups excluding carboxylic acids is 1. The molecule has 1 aliphatic rings.